The van der Waals surface area contributed by atoms with Crippen LogP contribution in [-0.2, 0) is 6.54 Å². The minimum Gasteiger partial charge on any atom is -0.395 e. The molecule has 0 unspecified atom stereocenters. The van der Waals surface area contributed by atoms with Crippen molar-refractivity contribution in [3.8, 4) is 0 Å². The fourth-order valence-corrected chi connectivity index (χ4v) is 2.19. The van der Waals surface area contributed by atoms with Gasteiger partial charge in [-0.15, -0.1) is 0 Å². The molecule has 4 heteroatoms. The van der Waals surface area contributed by atoms with Crippen molar-refractivity contribution >= 4 is 17.3 Å². The van der Waals surface area contributed by atoms with Crippen LogP contribution >= 0.6 is 11.6 Å². The SMILES string of the molecule is CCNCc1cc(Cl)ccc1N(CCO)C(C)C. The van der Waals surface area contributed by atoms with Crippen molar-refractivity contribution in [1.82, 2.24) is 5.32 Å². The molecule has 1 aromatic rings. The lowest BCUT2D eigenvalue weighted by Gasteiger charge is -2.30. The monoisotopic (exact) mass is 270 g/mol. The summed E-state index contributed by atoms with van der Waals surface area (Å²) in [4.78, 5) is 2.20. The first-order valence-electron chi connectivity index (χ1n) is 6.46. The van der Waals surface area contributed by atoms with Gasteiger partial charge in [-0.2, -0.15) is 0 Å². The summed E-state index contributed by atoms with van der Waals surface area (Å²) in [6, 6.07) is 6.27. The van der Waals surface area contributed by atoms with Crippen molar-refractivity contribution in [3.63, 3.8) is 0 Å². The number of halogens is 1. The number of nitrogens with one attached hydrogen (secondary N) is 1. The Morgan fingerprint density at radius 3 is 2.67 bits per heavy atom. The van der Waals surface area contributed by atoms with Gasteiger partial charge in [-0.05, 0) is 44.2 Å². The first-order chi connectivity index (χ1) is 8.60. The van der Waals surface area contributed by atoms with Gasteiger partial charge in [-0.1, -0.05) is 18.5 Å². The van der Waals surface area contributed by atoms with Gasteiger partial charge in [-0.3, -0.25) is 0 Å². The Bertz CT molecular complexity index is 369. The third-order valence-electron chi connectivity index (χ3n) is 2.88. The zero-order chi connectivity index (χ0) is 13.5. The highest BCUT2D eigenvalue weighted by molar-refractivity contribution is 6.30. The predicted octanol–water partition coefficient (Wildman–Crippen LogP) is 2.66. The molecule has 0 heterocycles. The molecule has 0 radical (unpaired) electrons. The van der Waals surface area contributed by atoms with Gasteiger partial charge in [0.25, 0.3) is 0 Å². The fraction of sp³-hybridized carbons (Fsp3) is 0.571. The summed E-state index contributed by atoms with van der Waals surface area (Å²) < 4.78 is 0. The summed E-state index contributed by atoms with van der Waals surface area (Å²) in [5, 5.41) is 13.3. The Morgan fingerprint density at radius 2 is 2.11 bits per heavy atom. The summed E-state index contributed by atoms with van der Waals surface area (Å²) in [5.74, 6) is 0. The van der Waals surface area contributed by atoms with Crippen LogP contribution in [0, 0.1) is 0 Å². The minimum absolute atomic E-state index is 0.154. The molecule has 0 spiro atoms. The number of rotatable bonds is 7. The van der Waals surface area contributed by atoms with Crippen molar-refractivity contribution in [2.24, 2.45) is 0 Å². The highest BCUT2D eigenvalue weighted by atomic mass is 35.5. The van der Waals surface area contributed by atoms with Crippen molar-refractivity contribution in [1.29, 1.82) is 0 Å². The molecule has 3 nitrogen and oxygen atoms in total. The van der Waals surface area contributed by atoms with E-state index < -0.39 is 0 Å². The molecule has 0 aliphatic rings. The lowest BCUT2D eigenvalue weighted by Crippen LogP contribution is -2.34. The van der Waals surface area contributed by atoms with E-state index in [0.717, 1.165) is 23.8 Å². The highest BCUT2D eigenvalue weighted by Gasteiger charge is 2.14. The third kappa shape index (κ3) is 4.16. The summed E-state index contributed by atoms with van der Waals surface area (Å²) in [6.45, 7) is 8.84. The van der Waals surface area contributed by atoms with Crippen LogP contribution in [0.3, 0.4) is 0 Å². The summed E-state index contributed by atoms with van der Waals surface area (Å²) in [7, 11) is 0. The molecule has 0 atom stereocenters. The Morgan fingerprint density at radius 1 is 1.39 bits per heavy atom. The van der Waals surface area contributed by atoms with Gasteiger partial charge in [0, 0.05) is 29.8 Å². The maximum atomic E-state index is 9.19. The van der Waals surface area contributed by atoms with Crippen LogP contribution in [0.25, 0.3) is 0 Å². The zero-order valence-corrected chi connectivity index (χ0v) is 12.2. The molecule has 102 valence electrons. The topological polar surface area (TPSA) is 35.5 Å². The molecule has 18 heavy (non-hydrogen) atoms. The van der Waals surface area contributed by atoms with E-state index >= 15 is 0 Å². The van der Waals surface area contributed by atoms with Gasteiger partial charge in [-0.25, -0.2) is 0 Å². The first kappa shape index (κ1) is 15.3. The number of anilines is 1. The molecule has 2 N–H and O–H groups in total. The number of benzene rings is 1. The second-order valence-electron chi connectivity index (χ2n) is 4.56. The van der Waals surface area contributed by atoms with E-state index in [9.17, 15) is 5.11 Å². The van der Waals surface area contributed by atoms with Crippen LogP contribution in [0.2, 0.25) is 5.02 Å². The molecule has 1 aromatic carbocycles. The van der Waals surface area contributed by atoms with Crippen LogP contribution in [0.5, 0.6) is 0 Å². The van der Waals surface area contributed by atoms with E-state index in [4.69, 9.17) is 11.6 Å². The molecule has 0 aliphatic heterocycles. The van der Waals surface area contributed by atoms with Gasteiger partial charge in [0.2, 0.25) is 0 Å². The van der Waals surface area contributed by atoms with E-state index in [-0.39, 0.29) is 6.61 Å². The second kappa shape index (κ2) is 7.62. The van der Waals surface area contributed by atoms with Gasteiger partial charge in [0.15, 0.2) is 0 Å². The van der Waals surface area contributed by atoms with Crippen LogP contribution < -0.4 is 10.2 Å². The van der Waals surface area contributed by atoms with Crippen LogP contribution in [0.15, 0.2) is 18.2 Å². The molecule has 0 saturated heterocycles. The smallest absolute Gasteiger partial charge is 0.0606 e. The Hall–Kier alpha value is -0.770. The summed E-state index contributed by atoms with van der Waals surface area (Å²) in [5.41, 5.74) is 2.32. The van der Waals surface area contributed by atoms with Gasteiger partial charge < -0.3 is 15.3 Å². The molecule has 0 aliphatic carbocycles. The Labute approximate surface area is 115 Å². The van der Waals surface area contributed by atoms with Crippen LogP contribution in [0.1, 0.15) is 26.3 Å². The lowest BCUT2D eigenvalue weighted by atomic mass is 10.1. The summed E-state index contributed by atoms with van der Waals surface area (Å²) in [6.07, 6.45) is 0. The maximum Gasteiger partial charge on any atom is 0.0606 e. The molecule has 0 saturated carbocycles. The van der Waals surface area contributed by atoms with E-state index in [2.05, 4.69) is 31.0 Å². The highest BCUT2D eigenvalue weighted by Crippen LogP contribution is 2.25. The molecular weight excluding hydrogens is 248 g/mol. The fourth-order valence-electron chi connectivity index (χ4n) is 2.00. The molecule has 1 rings (SSSR count). The molecule has 0 fully saturated rings. The van der Waals surface area contributed by atoms with Crippen molar-refractivity contribution in [2.45, 2.75) is 33.4 Å². The van der Waals surface area contributed by atoms with Crippen molar-refractivity contribution in [2.75, 3.05) is 24.6 Å². The van der Waals surface area contributed by atoms with Gasteiger partial charge in [0.1, 0.15) is 0 Å². The number of hydrogen-bond acceptors (Lipinski definition) is 3. The van der Waals surface area contributed by atoms with Gasteiger partial charge in [0.05, 0.1) is 6.61 Å². The van der Waals surface area contributed by atoms with Gasteiger partial charge >= 0.3 is 0 Å². The number of aliphatic hydroxyl groups is 1. The summed E-state index contributed by atoms with van der Waals surface area (Å²) >= 11 is 6.06. The molecule has 0 amide bonds. The lowest BCUT2D eigenvalue weighted by molar-refractivity contribution is 0.299. The van der Waals surface area contributed by atoms with Crippen molar-refractivity contribution < 1.29 is 5.11 Å². The Balaban J connectivity index is 3.03. The molecule has 0 aromatic heterocycles. The largest absolute Gasteiger partial charge is 0.395 e. The van der Waals surface area contributed by atoms with Crippen LogP contribution in [0.4, 0.5) is 5.69 Å². The average molecular weight is 271 g/mol. The number of nitrogens with zero attached hydrogens (tertiary/aromatic N) is 1. The van der Waals surface area contributed by atoms with Crippen molar-refractivity contribution in [3.05, 3.63) is 28.8 Å². The minimum atomic E-state index is 0.154. The molecule has 0 bridgehead atoms. The first-order valence-corrected chi connectivity index (χ1v) is 6.84. The van der Waals surface area contributed by atoms with E-state index in [1.54, 1.807) is 0 Å². The molecular formula is C14H23ClN2O. The second-order valence-corrected chi connectivity index (χ2v) is 5.00. The van der Waals surface area contributed by atoms with E-state index in [0.29, 0.717) is 12.6 Å². The van der Waals surface area contributed by atoms with Crippen LogP contribution in [-0.4, -0.2) is 30.8 Å². The normalized spacial score (nSPS) is 11.0. The predicted molar refractivity (Wildman–Crippen MR) is 78.4 cm³/mol. The standard InChI is InChI=1S/C14H23ClN2O/c1-4-16-10-12-9-13(15)5-6-14(12)17(7-8-18)11(2)3/h5-6,9,11,16,18H,4,7-8,10H2,1-3H3. The number of aliphatic hydroxyl groups excluding tert-OH is 1. The Kier molecular flexibility index (Phi) is 6.47. The third-order valence-corrected chi connectivity index (χ3v) is 3.12. The number of hydrogen-bond donors (Lipinski definition) is 2. The zero-order valence-electron chi connectivity index (χ0n) is 11.4. The quantitative estimate of drug-likeness (QED) is 0.800. The maximum absolute atomic E-state index is 9.19. The average Bonchev–Trinajstić information content (AvgIpc) is 2.34. The van der Waals surface area contributed by atoms with E-state index in [1.807, 2.05) is 18.2 Å². The van der Waals surface area contributed by atoms with E-state index in [1.165, 1.54) is 5.56 Å².